The maximum absolute atomic E-state index is 12.2. The van der Waals surface area contributed by atoms with Crippen molar-refractivity contribution >= 4 is 21.6 Å². The molecule has 0 saturated carbocycles. The monoisotopic (exact) mass is 354 g/mol. The van der Waals surface area contributed by atoms with Gasteiger partial charge in [0.25, 0.3) is 0 Å². The second-order valence-electron chi connectivity index (χ2n) is 6.33. The van der Waals surface area contributed by atoms with Crippen LogP contribution in [-0.2, 0) is 14.8 Å². The van der Waals surface area contributed by atoms with E-state index in [0.717, 1.165) is 41.8 Å². The minimum absolute atomic E-state index is 0.188. The van der Waals surface area contributed by atoms with Crippen LogP contribution < -0.4 is 9.62 Å². The van der Waals surface area contributed by atoms with Gasteiger partial charge in [-0.15, -0.1) is 0 Å². The molecule has 5 nitrogen and oxygen atoms in total. The largest absolute Gasteiger partial charge is 0.354 e. The van der Waals surface area contributed by atoms with Gasteiger partial charge in [-0.05, 0) is 31.4 Å². The van der Waals surface area contributed by atoms with Crippen LogP contribution in [0.25, 0.3) is 0 Å². The van der Waals surface area contributed by atoms with Crippen molar-refractivity contribution in [3.8, 4) is 0 Å². The second-order valence-corrected chi connectivity index (χ2v) is 8.23. The van der Waals surface area contributed by atoms with Crippen molar-refractivity contribution in [2.45, 2.75) is 46.5 Å². The van der Waals surface area contributed by atoms with Gasteiger partial charge in [-0.25, -0.2) is 8.42 Å². The van der Waals surface area contributed by atoms with E-state index >= 15 is 0 Å². The van der Waals surface area contributed by atoms with E-state index in [9.17, 15) is 13.2 Å². The van der Waals surface area contributed by atoms with Crippen LogP contribution in [-0.4, -0.2) is 33.7 Å². The van der Waals surface area contributed by atoms with E-state index in [1.807, 2.05) is 19.1 Å². The van der Waals surface area contributed by atoms with Crippen molar-refractivity contribution in [1.29, 1.82) is 0 Å². The summed E-state index contributed by atoms with van der Waals surface area (Å²) in [7, 11) is -3.51. The Balaban J connectivity index is 2.70. The zero-order valence-corrected chi connectivity index (χ0v) is 16.0. The molecule has 0 fully saturated rings. The first-order chi connectivity index (χ1) is 11.3. The summed E-state index contributed by atoms with van der Waals surface area (Å²) in [5.41, 5.74) is 1.55. The van der Waals surface area contributed by atoms with Gasteiger partial charge in [0.2, 0.25) is 15.9 Å². The van der Waals surface area contributed by atoms with Crippen LogP contribution in [0.4, 0.5) is 5.69 Å². The lowest BCUT2D eigenvalue weighted by atomic mass is 9.99. The first kappa shape index (κ1) is 20.5. The molecule has 0 aliphatic carbocycles. The van der Waals surface area contributed by atoms with Gasteiger partial charge in [-0.2, -0.15) is 0 Å². The average Bonchev–Trinajstić information content (AvgIpc) is 2.53. The Kier molecular flexibility index (Phi) is 8.25. The summed E-state index contributed by atoms with van der Waals surface area (Å²) in [4.78, 5) is 12.2. The molecule has 6 heteroatoms. The van der Waals surface area contributed by atoms with Gasteiger partial charge in [-0.1, -0.05) is 50.8 Å². The van der Waals surface area contributed by atoms with Gasteiger partial charge in [0.15, 0.2) is 0 Å². The van der Waals surface area contributed by atoms with Gasteiger partial charge < -0.3 is 5.32 Å². The molecule has 1 aromatic rings. The Labute approximate surface area is 146 Å². The van der Waals surface area contributed by atoms with Crippen LogP contribution in [0, 0.1) is 12.8 Å². The van der Waals surface area contributed by atoms with Crippen molar-refractivity contribution in [2.75, 3.05) is 23.7 Å². The maximum atomic E-state index is 12.2. The zero-order chi connectivity index (χ0) is 18.2. The molecule has 1 atom stereocenters. The number of aryl methyl sites for hydroxylation is 1. The molecule has 1 aromatic carbocycles. The van der Waals surface area contributed by atoms with E-state index in [4.69, 9.17) is 0 Å². The molecular weight excluding hydrogens is 324 g/mol. The predicted molar refractivity (Wildman–Crippen MR) is 99.7 cm³/mol. The second kappa shape index (κ2) is 9.67. The molecule has 0 aromatic heterocycles. The van der Waals surface area contributed by atoms with E-state index in [1.54, 1.807) is 12.1 Å². The quantitative estimate of drug-likeness (QED) is 0.702. The molecule has 0 heterocycles. The number of carbonyl (C=O) groups is 1. The Morgan fingerprint density at radius 2 is 1.83 bits per heavy atom. The number of amides is 1. The SMILES string of the molecule is CCCC[C@H](CC)CNC(=O)CN(c1ccc(C)cc1)S(C)(=O)=O. The molecule has 0 radical (unpaired) electrons. The van der Waals surface area contributed by atoms with E-state index in [2.05, 4.69) is 19.2 Å². The average molecular weight is 355 g/mol. The van der Waals surface area contributed by atoms with Gasteiger partial charge >= 0.3 is 0 Å². The minimum Gasteiger partial charge on any atom is -0.354 e. The number of rotatable bonds is 10. The van der Waals surface area contributed by atoms with Crippen LogP contribution in [0.1, 0.15) is 45.1 Å². The molecular formula is C18H30N2O3S. The summed E-state index contributed by atoms with van der Waals surface area (Å²) in [5, 5.41) is 2.88. The van der Waals surface area contributed by atoms with Crippen molar-refractivity contribution in [3.05, 3.63) is 29.8 Å². The number of nitrogens with zero attached hydrogens (tertiary/aromatic N) is 1. The summed E-state index contributed by atoms with van der Waals surface area (Å²) in [5.74, 6) is 0.177. The minimum atomic E-state index is -3.51. The fourth-order valence-electron chi connectivity index (χ4n) is 2.50. The molecule has 0 aliphatic rings. The number of sulfonamides is 1. The number of carbonyl (C=O) groups excluding carboxylic acids is 1. The fraction of sp³-hybridized carbons (Fsp3) is 0.611. The highest BCUT2D eigenvalue weighted by molar-refractivity contribution is 7.92. The Morgan fingerprint density at radius 1 is 1.21 bits per heavy atom. The van der Waals surface area contributed by atoms with Crippen LogP contribution in [0.2, 0.25) is 0 Å². The molecule has 1 rings (SSSR count). The van der Waals surface area contributed by atoms with Gasteiger partial charge in [0.1, 0.15) is 6.54 Å². The van der Waals surface area contributed by atoms with Crippen molar-refractivity contribution in [2.24, 2.45) is 5.92 Å². The van der Waals surface area contributed by atoms with Crippen LogP contribution >= 0.6 is 0 Å². The van der Waals surface area contributed by atoms with Crippen molar-refractivity contribution in [3.63, 3.8) is 0 Å². The highest BCUT2D eigenvalue weighted by Gasteiger charge is 2.21. The molecule has 136 valence electrons. The maximum Gasteiger partial charge on any atom is 0.240 e. The first-order valence-electron chi connectivity index (χ1n) is 8.59. The Bertz CT molecular complexity index is 612. The molecule has 0 bridgehead atoms. The number of benzene rings is 1. The van der Waals surface area contributed by atoms with E-state index in [-0.39, 0.29) is 12.5 Å². The third kappa shape index (κ3) is 6.91. The third-order valence-corrected chi connectivity index (χ3v) is 5.28. The van der Waals surface area contributed by atoms with E-state index in [1.165, 1.54) is 0 Å². The van der Waals surface area contributed by atoms with Crippen molar-refractivity contribution in [1.82, 2.24) is 5.32 Å². The molecule has 0 saturated heterocycles. The highest BCUT2D eigenvalue weighted by atomic mass is 32.2. The summed E-state index contributed by atoms with van der Waals surface area (Å²) in [6.07, 6.45) is 5.50. The summed E-state index contributed by atoms with van der Waals surface area (Å²) < 4.78 is 25.2. The normalized spacial score (nSPS) is 12.7. The van der Waals surface area contributed by atoms with Crippen molar-refractivity contribution < 1.29 is 13.2 Å². The number of hydrogen-bond acceptors (Lipinski definition) is 3. The molecule has 1 N–H and O–H groups in total. The Hall–Kier alpha value is -1.56. The summed E-state index contributed by atoms with van der Waals surface area (Å²) in [6.45, 7) is 6.61. The lowest BCUT2D eigenvalue weighted by molar-refractivity contribution is -0.119. The zero-order valence-electron chi connectivity index (χ0n) is 15.2. The third-order valence-electron chi connectivity index (χ3n) is 4.14. The number of nitrogens with one attached hydrogen (secondary N) is 1. The molecule has 0 aliphatic heterocycles. The standard InChI is InChI=1S/C18H30N2O3S/c1-5-7-8-16(6-2)13-19-18(21)14-20(24(4,22)23)17-11-9-15(3)10-12-17/h9-12,16H,5-8,13-14H2,1-4H3,(H,19,21)/t16-/m0/s1. The van der Waals surface area contributed by atoms with Crippen LogP contribution in [0.15, 0.2) is 24.3 Å². The van der Waals surface area contributed by atoms with Crippen LogP contribution in [0.5, 0.6) is 0 Å². The van der Waals surface area contributed by atoms with Gasteiger partial charge in [0, 0.05) is 6.54 Å². The number of hydrogen-bond donors (Lipinski definition) is 1. The predicted octanol–water partition coefficient (Wildman–Crippen LogP) is 3.09. The summed E-state index contributed by atoms with van der Waals surface area (Å²) >= 11 is 0. The lowest BCUT2D eigenvalue weighted by Gasteiger charge is -2.23. The van der Waals surface area contributed by atoms with E-state index in [0.29, 0.717) is 18.2 Å². The number of anilines is 1. The topological polar surface area (TPSA) is 66.5 Å². The molecule has 24 heavy (non-hydrogen) atoms. The number of unbranched alkanes of at least 4 members (excludes halogenated alkanes) is 1. The molecule has 0 spiro atoms. The summed E-state index contributed by atoms with van der Waals surface area (Å²) in [6, 6.07) is 7.12. The van der Waals surface area contributed by atoms with Gasteiger partial charge in [0.05, 0.1) is 11.9 Å². The van der Waals surface area contributed by atoms with E-state index < -0.39 is 10.0 Å². The van der Waals surface area contributed by atoms with Crippen LogP contribution in [0.3, 0.4) is 0 Å². The lowest BCUT2D eigenvalue weighted by Crippen LogP contribution is -2.41. The first-order valence-corrected chi connectivity index (χ1v) is 10.4. The Morgan fingerprint density at radius 3 is 2.33 bits per heavy atom. The smallest absolute Gasteiger partial charge is 0.240 e. The highest BCUT2D eigenvalue weighted by Crippen LogP contribution is 2.18. The fourth-order valence-corrected chi connectivity index (χ4v) is 3.36. The van der Waals surface area contributed by atoms with Gasteiger partial charge in [-0.3, -0.25) is 9.10 Å². The molecule has 0 unspecified atom stereocenters. The molecule has 1 amide bonds.